The number of hydrogen-bond donors (Lipinski definition) is 0. The average Bonchev–Trinajstić information content (AvgIpc) is 3.18. The van der Waals surface area contributed by atoms with Crippen LogP contribution in [0.15, 0.2) is 39.8 Å². The molecule has 0 radical (unpaired) electrons. The second kappa shape index (κ2) is 6.10. The monoisotopic (exact) mass is 308 g/mol. The lowest BCUT2D eigenvalue weighted by molar-refractivity contribution is 0.390. The quantitative estimate of drug-likeness (QED) is 0.696. The molecule has 3 rings (SSSR count). The first-order valence-corrected chi connectivity index (χ1v) is 8.42. The lowest BCUT2D eigenvalue weighted by Crippen LogP contribution is -2.09. The molecule has 1 atom stereocenters. The van der Waals surface area contributed by atoms with Gasteiger partial charge in [0.05, 0.1) is 6.54 Å². The molecular weight excluding hydrogens is 296 g/mol. The molecule has 0 amide bonds. The molecular formula is C12H12N4O2S2. The molecule has 3 heterocycles. The van der Waals surface area contributed by atoms with Gasteiger partial charge in [0.1, 0.15) is 5.75 Å². The Balaban J connectivity index is 1.56. The van der Waals surface area contributed by atoms with Crippen molar-refractivity contribution in [3.63, 3.8) is 0 Å². The summed E-state index contributed by atoms with van der Waals surface area (Å²) < 4.78 is 18.8. The number of nitrogens with zero attached hydrogens (tertiary/aromatic N) is 4. The van der Waals surface area contributed by atoms with Crippen LogP contribution in [0.4, 0.5) is 0 Å². The summed E-state index contributed by atoms with van der Waals surface area (Å²) in [6.07, 6.45) is 3.55. The van der Waals surface area contributed by atoms with E-state index in [4.69, 9.17) is 4.52 Å². The summed E-state index contributed by atoms with van der Waals surface area (Å²) in [7, 11) is -1.04. The van der Waals surface area contributed by atoms with Crippen molar-refractivity contribution in [2.45, 2.75) is 12.3 Å². The van der Waals surface area contributed by atoms with Crippen molar-refractivity contribution < 1.29 is 8.73 Å². The first-order chi connectivity index (χ1) is 9.81. The number of thiophene rings is 1. The van der Waals surface area contributed by atoms with Gasteiger partial charge in [-0.3, -0.25) is 8.89 Å². The third-order valence-corrected chi connectivity index (χ3v) is 4.53. The van der Waals surface area contributed by atoms with E-state index in [1.807, 2.05) is 29.1 Å². The highest BCUT2D eigenvalue weighted by Crippen LogP contribution is 2.18. The van der Waals surface area contributed by atoms with Gasteiger partial charge in [-0.25, -0.2) is 0 Å². The van der Waals surface area contributed by atoms with Gasteiger partial charge in [-0.05, 0) is 17.5 Å². The molecule has 0 N–H and O–H groups in total. The van der Waals surface area contributed by atoms with Crippen molar-refractivity contribution >= 4 is 22.1 Å². The summed E-state index contributed by atoms with van der Waals surface area (Å²) in [4.78, 5) is 4.25. The number of rotatable bonds is 6. The van der Waals surface area contributed by atoms with Crippen LogP contribution < -0.4 is 0 Å². The summed E-state index contributed by atoms with van der Waals surface area (Å²) in [6.45, 7) is 0.616. The van der Waals surface area contributed by atoms with Crippen LogP contribution in [-0.2, 0) is 23.1 Å². The van der Waals surface area contributed by atoms with Crippen LogP contribution in [0.2, 0.25) is 0 Å². The van der Waals surface area contributed by atoms with Crippen LogP contribution in [0.25, 0.3) is 11.4 Å². The molecule has 20 heavy (non-hydrogen) atoms. The zero-order valence-electron chi connectivity index (χ0n) is 10.5. The molecule has 0 fully saturated rings. The van der Waals surface area contributed by atoms with Crippen molar-refractivity contribution in [2.24, 2.45) is 0 Å². The molecule has 0 aliphatic heterocycles. The Kier molecular flexibility index (Phi) is 4.03. The van der Waals surface area contributed by atoms with Crippen LogP contribution in [0.1, 0.15) is 5.89 Å². The first-order valence-electron chi connectivity index (χ1n) is 5.99. The van der Waals surface area contributed by atoms with Gasteiger partial charge in [0, 0.05) is 39.9 Å². The predicted octanol–water partition coefficient (Wildman–Crippen LogP) is 1.94. The van der Waals surface area contributed by atoms with E-state index in [0.29, 0.717) is 24.0 Å². The Hall–Kier alpha value is -1.80. The molecule has 0 saturated heterocycles. The van der Waals surface area contributed by atoms with Crippen LogP contribution in [0.3, 0.4) is 0 Å². The maximum Gasteiger partial charge on any atom is 0.239 e. The molecule has 104 valence electrons. The highest BCUT2D eigenvalue weighted by molar-refractivity contribution is 7.84. The average molecular weight is 308 g/mol. The van der Waals surface area contributed by atoms with Crippen molar-refractivity contribution in [2.75, 3.05) is 5.75 Å². The number of aryl methyl sites for hydroxylation is 1. The Labute approximate surface area is 121 Å². The van der Waals surface area contributed by atoms with Gasteiger partial charge in [0.25, 0.3) is 0 Å². The van der Waals surface area contributed by atoms with Gasteiger partial charge < -0.3 is 4.52 Å². The zero-order chi connectivity index (χ0) is 13.8. The second-order valence-corrected chi connectivity index (χ2v) is 6.44. The van der Waals surface area contributed by atoms with E-state index >= 15 is 0 Å². The van der Waals surface area contributed by atoms with Gasteiger partial charge in [-0.15, -0.1) is 0 Å². The maximum absolute atomic E-state index is 11.9. The topological polar surface area (TPSA) is 73.8 Å². The molecule has 6 nitrogen and oxygen atoms in total. The van der Waals surface area contributed by atoms with E-state index in [-0.39, 0.29) is 5.75 Å². The van der Waals surface area contributed by atoms with E-state index in [1.54, 1.807) is 22.2 Å². The first kappa shape index (κ1) is 13.2. The van der Waals surface area contributed by atoms with Crippen molar-refractivity contribution in [1.29, 1.82) is 0 Å². The highest BCUT2D eigenvalue weighted by atomic mass is 32.2. The fourth-order valence-corrected chi connectivity index (χ4v) is 3.22. The van der Waals surface area contributed by atoms with Gasteiger partial charge in [-0.1, -0.05) is 5.16 Å². The molecule has 0 aliphatic rings. The Morgan fingerprint density at radius 1 is 1.45 bits per heavy atom. The molecule has 0 saturated carbocycles. The molecule has 1 unspecified atom stereocenters. The summed E-state index contributed by atoms with van der Waals surface area (Å²) in [5.74, 6) is 1.74. The van der Waals surface area contributed by atoms with E-state index in [9.17, 15) is 4.21 Å². The third-order valence-electron chi connectivity index (χ3n) is 2.64. The fraction of sp³-hybridized carbons (Fsp3) is 0.250. The predicted molar refractivity (Wildman–Crippen MR) is 76.6 cm³/mol. The standard InChI is InChI=1S/C12H12N4O2S2/c17-20(7-5-16-4-1-3-13-16)9-11-14-12(15-18-11)10-2-6-19-8-10/h1-4,6,8H,5,7,9H2. The lowest BCUT2D eigenvalue weighted by Gasteiger charge is -1.99. The molecule has 0 aromatic carbocycles. The number of hydrogen-bond acceptors (Lipinski definition) is 6. The summed E-state index contributed by atoms with van der Waals surface area (Å²) in [6, 6.07) is 3.77. The Morgan fingerprint density at radius 3 is 3.15 bits per heavy atom. The van der Waals surface area contributed by atoms with Crippen molar-refractivity contribution in [1.82, 2.24) is 19.9 Å². The Morgan fingerprint density at radius 2 is 2.40 bits per heavy atom. The maximum atomic E-state index is 11.9. The van der Waals surface area contributed by atoms with Crippen LogP contribution in [0, 0.1) is 0 Å². The van der Waals surface area contributed by atoms with Gasteiger partial charge in [-0.2, -0.15) is 21.4 Å². The van der Waals surface area contributed by atoms with Crippen LogP contribution >= 0.6 is 11.3 Å². The van der Waals surface area contributed by atoms with Gasteiger partial charge >= 0.3 is 0 Å². The normalized spacial score (nSPS) is 12.6. The summed E-state index contributed by atoms with van der Waals surface area (Å²) in [5.41, 5.74) is 0.923. The largest absolute Gasteiger partial charge is 0.338 e. The molecule has 0 spiro atoms. The molecule has 8 heteroatoms. The molecule has 3 aromatic rings. The molecule has 0 bridgehead atoms. The van der Waals surface area contributed by atoms with Crippen LogP contribution in [0.5, 0.6) is 0 Å². The minimum Gasteiger partial charge on any atom is -0.338 e. The fourth-order valence-electron chi connectivity index (χ4n) is 1.66. The van der Waals surface area contributed by atoms with Crippen LogP contribution in [-0.4, -0.2) is 29.9 Å². The second-order valence-electron chi connectivity index (χ2n) is 4.08. The zero-order valence-corrected chi connectivity index (χ0v) is 12.1. The van der Waals surface area contributed by atoms with E-state index < -0.39 is 10.8 Å². The Bertz CT molecular complexity index is 676. The minimum atomic E-state index is -1.04. The third kappa shape index (κ3) is 3.20. The van der Waals surface area contributed by atoms with E-state index in [0.717, 1.165) is 5.56 Å². The van der Waals surface area contributed by atoms with E-state index in [1.165, 1.54) is 0 Å². The van der Waals surface area contributed by atoms with E-state index in [2.05, 4.69) is 15.2 Å². The lowest BCUT2D eigenvalue weighted by atomic mass is 10.3. The number of aromatic nitrogens is 4. The van der Waals surface area contributed by atoms with Gasteiger partial charge in [0.2, 0.25) is 11.7 Å². The summed E-state index contributed by atoms with van der Waals surface area (Å²) >= 11 is 1.57. The van der Waals surface area contributed by atoms with Gasteiger partial charge in [0.15, 0.2) is 0 Å². The molecule has 0 aliphatic carbocycles. The molecule has 3 aromatic heterocycles. The van der Waals surface area contributed by atoms with Crippen molar-refractivity contribution in [3.8, 4) is 11.4 Å². The van der Waals surface area contributed by atoms with Crippen molar-refractivity contribution in [3.05, 3.63) is 41.2 Å². The summed E-state index contributed by atoms with van der Waals surface area (Å²) in [5, 5.41) is 11.9. The SMILES string of the molecule is O=S(CCn1cccn1)Cc1nc(-c2ccsc2)no1. The minimum absolute atomic E-state index is 0.276. The smallest absolute Gasteiger partial charge is 0.239 e. The highest BCUT2D eigenvalue weighted by Gasteiger charge is 2.12.